The Bertz CT molecular complexity index is 435. The van der Waals surface area contributed by atoms with Crippen LogP contribution in [0.15, 0.2) is 29.4 Å². The normalized spacial score (nSPS) is 10.6. The van der Waals surface area contributed by atoms with Crippen LogP contribution in [-0.4, -0.2) is 9.78 Å². The highest BCUT2D eigenvalue weighted by molar-refractivity contribution is 5.42. The number of hydrogen-bond donors (Lipinski definition) is 0. The van der Waals surface area contributed by atoms with E-state index in [1.54, 1.807) is 0 Å². The number of hydrogen-bond acceptors (Lipinski definition) is 5. The van der Waals surface area contributed by atoms with Gasteiger partial charge in [0.2, 0.25) is 0 Å². The van der Waals surface area contributed by atoms with Gasteiger partial charge in [-0.3, -0.25) is 10.1 Å². The largest absolute Gasteiger partial charge is 0.593 e. The van der Waals surface area contributed by atoms with Crippen LogP contribution in [0.5, 0.6) is 0 Å². The molecule has 7 heteroatoms. The van der Waals surface area contributed by atoms with Crippen molar-refractivity contribution in [3.63, 3.8) is 0 Å². The molecule has 14 heavy (non-hydrogen) atoms. The fourth-order valence-corrected chi connectivity index (χ4v) is 0.824. The quantitative estimate of drug-likeness (QED) is 0.233. The summed E-state index contributed by atoms with van der Waals surface area (Å²) in [5.41, 5.74) is -0.280. The van der Waals surface area contributed by atoms with E-state index in [0.717, 1.165) is 6.07 Å². The Morgan fingerprint density at radius 1 is 1.36 bits per heavy atom. The molecule has 0 saturated heterocycles. The molecule has 0 aliphatic heterocycles. The molecule has 0 bridgehead atoms. The molecule has 1 aromatic rings. The van der Waals surface area contributed by atoms with Crippen LogP contribution in [0.3, 0.4) is 0 Å². The molecule has 1 rings (SSSR count). The van der Waals surface area contributed by atoms with Crippen LogP contribution >= 0.6 is 0 Å². The summed E-state index contributed by atoms with van der Waals surface area (Å²) in [6.45, 7) is 0. The molecule has 0 spiro atoms. The Morgan fingerprint density at radius 2 is 2.00 bits per heavy atom. The maximum absolute atomic E-state index is 10.9. The van der Waals surface area contributed by atoms with Gasteiger partial charge in [-0.2, -0.15) is 5.26 Å². The van der Waals surface area contributed by atoms with Crippen LogP contribution < -0.4 is 0 Å². The van der Waals surface area contributed by atoms with Crippen molar-refractivity contribution in [3.05, 3.63) is 39.6 Å². The van der Waals surface area contributed by atoms with Crippen molar-refractivity contribution in [2.45, 2.75) is 0 Å². The number of rotatable bonds is 2. The van der Waals surface area contributed by atoms with Gasteiger partial charge in [-0.15, -0.1) is 0 Å². The van der Waals surface area contributed by atoms with Gasteiger partial charge in [-0.1, -0.05) is 0 Å². The molecule has 0 radical (unpaired) electrons. The molecule has 0 saturated carbocycles. The minimum atomic E-state index is -0.635. The molecule has 0 atom stereocenters. The Hall–Kier alpha value is -2.49. The van der Waals surface area contributed by atoms with Gasteiger partial charge in [0.1, 0.15) is 0 Å². The smallest absolute Gasteiger partial charge is 0.276 e. The highest BCUT2D eigenvalue weighted by Crippen LogP contribution is 2.19. The Kier molecular flexibility index (Phi) is 2.71. The summed E-state index contributed by atoms with van der Waals surface area (Å²) in [4.78, 5) is 9.71. The number of nitro benzene ring substituents is 1. The highest BCUT2D eigenvalue weighted by atomic mass is 16.6. The van der Waals surface area contributed by atoms with E-state index in [-0.39, 0.29) is 16.2 Å². The van der Waals surface area contributed by atoms with Crippen LogP contribution in [0.4, 0.5) is 11.4 Å². The lowest BCUT2D eigenvalue weighted by molar-refractivity contribution is -0.436. The number of nitro groups is 1. The van der Waals surface area contributed by atoms with Crippen molar-refractivity contribution >= 4 is 11.4 Å². The number of nitriles is 1. The summed E-state index contributed by atoms with van der Waals surface area (Å²) in [7, 11) is 0. The topological polar surface area (TPSA) is 105 Å². The van der Waals surface area contributed by atoms with Gasteiger partial charge in [-0.25, -0.2) is 0 Å². The molecule has 0 aliphatic carbocycles. The molecule has 0 heterocycles. The van der Waals surface area contributed by atoms with E-state index >= 15 is 0 Å². The molecule has 7 nitrogen and oxygen atoms in total. The standard InChI is InChI=1S/C7H4N4O3/c8-5-9-10(12)6-2-1-3-7(4-6)11(13)14/h1-4H. The number of benzene rings is 1. The summed E-state index contributed by atoms with van der Waals surface area (Å²) in [6.07, 6.45) is 1.28. The second-order valence-corrected chi connectivity index (χ2v) is 2.25. The van der Waals surface area contributed by atoms with Gasteiger partial charge in [0, 0.05) is 12.1 Å². The Labute approximate surface area is 78.2 Å². The number of azo groups is 1. The summed E-state index contributed by atoms with van der Waals surface area (Å²) in [6, 6.07) is 4.93. The zero-order chi connectivity index (χ0) is 10.6. The molecular formula is C7H4N4O3. The molecule has 0 aliphatic rings. The second kappa shape index (κ2) is 3.95. The van der Waals surface area contributed by atoms with Crippen molar-refractivity contribution in [2.75, 3.05) is 0 Å². The number of nitrogens with zero attached hydrogens (tertiary/aromatic N) is 4. The average molecular weight is 192 g/mol. The molecule has 0 amide bonds. The van der Waals surface area contributed by atoms with Crippen molar-refractivity contribution in [1.82, 2.24) is 0 Å². The van der Waals surface area contributed by atoms with Crippen molar-refractivity contribution < 1.29 is 9.78 Å². The fourth-order valence-electron chi connectivity index (χ4n) is 0.824. The Balaban J connectivity index is 3.13. The van der Waals surface area contributed by atoms with Crippen LogP contribution in [-0.2, 0) is 0 Å². The molecule has 0 N–H and O–H groups in total. The van der Waals surface area contributed by atoms with Gasteiger partial charge < -0.3 is 5.21 Å². The molecule has 0 unspecified atom stereocenters. The van der Waals surface area contributed by atoms with E-state index in [1.807, 2.05) is 0 Å². The minimum absolute atomic E-state index is 0.0208. The van der Waals surface area contributed by atoms with E-state index in [0.29, 0.717) is 0 Å². The Morgan fingerprint density at radius 3 is 2.57 bits per heavy atom. The first-order chi connectivity index (χ1) is 6.65. The third kappa shape index (κ3) is 2.01. The SMILES string of the molecule is N#CN=[N+]([O-])c1cccc([N+](=O)[O-])c1. The lowest BCUT2D eigenvalue weighted by atomic mass is 10.3. The van der Waals surface area contributed by atoms with E-state index in [9.17, 15) is 15.3 Å². The zero-order valence-electron chi connectivity index (χ0n) is 6.82. The maximum Gasteiger partial charge on any atom is 0.276 e. The van der Waals surface area contributed by atoms with Crippen molar-refractivity contribution in [3.8, 4) is 6.19 Å². The van der Waals surface area contributed by atoms with Gasteiger partial charge >= 0.3 is 0 Å². The second-order valence-electron chi connectivity index (χ2n) is 2.25. The molecule has 70 valence electrons. The molecule has 0 fully saturated rings. The van der Waals surface area contributed by atoms with Crippen LogP contribution in [0.25, 0.3) is 0 Å². The summed E-state index contributed by atoms with van der Waals surface area (Å²) < 4.78 is 0. The van der Waals surface area contributed by atoms with Gasteiger partial charge in [-0.05, 0) is 10.9 Å². The average Bonchev–Trinajstić information content (AvgIpc) is 2.18. The zero-order valence-corrected chi connectivity index (χ0v) is 6.82. The van der Waals surface area contributed by atoms with E-state index in [1.165, 1.54) is 24.4 Å². The maximum atomic E-state index is 10.9. The minimum Gasteiger partial charge on any atom is -0.593 e. The van der Waals surface area contributed by atoms with Crippen LogP contribution in [0, 0.1) is 26.8 Å². The molecule has 1 aromatic carbocycles. The van der Waals surface area contributed by atoms with Gasteiger partial charge in [0.05, 0.1) is 16.1 Å². The van der Waals surface area contributed by atoms with E-state index < -0.39 is 4.92 Å². The first-order valence-corrected chi connectivity index (χ1v) is 3.46. The van der Waals surface area contributed by atoms with Crippen LogP contribution in [0.2, 0.25) is 0 Å². The highest BCUT2D eigenvalue weighted by Gasteiger charge is 2.10. The predicted molar refractivity (Wildman–Crippen MR) is 44.4 cm³/mol. The van der Waals surface area contributed by atoms with Gasteiger partial charge in [0.25, 0.3) is 17.6 Å². The summed E-state index contributed by atoms with van der Waals surface area (Å²) in [5, 5.41) is 32.2. The molecule has 0 aromatic heterocycles. The fraction of sp³-hybridized carbons (Fsp3) is 0. The predicted octanol–water partition coefficient (Wildman–Crippen LogP) is 1.67. The van der Waals surface area contributed by atoms with Gasteiger partial charge in [0.15, 0.2) is 0 Å². The lowest BCUT2D eigenvalue weighted by Crippen LogP contribution is -1.92. The first-order valence-electron chi connectivity index (χ1n) is 3.46. The molecular weight excluding hydrogens is 188 g/mol. The number of non-ortho nitro benzene ring substituents is 1. The summed E-state index contributed by atoms with van der Waals surface area (Å²) in [5.74, 6) is 0. The van der Waals surface area contributed by atoms with Crippen molar-refractivity contribution in [1.29, 1.82) is 5.26 Å². The third-order valence-electron chi connectivity index (χ3n) is 1.40. The summed E-state index contributed by atoms with van der Waals surface area (Å²) >= 11 is 0. The third-order valence-corrected chi connectivity index (χ3v) is 1.40. The van der Waals surface area contributed by atoms with E-state index in [2.05, 4.69) is 5.11 Å². The van der Waals surface area contributed by atoms with Crippen LogP contribution in [0.1, 0.15) is 0 Å². The first kappa shape index (κ1) is 9.60. The lowest BCUT2D eigenvalue weighted by Gasteiger charge is -1.96. The van der Waals surface area contributed by atoms with E-state index in [4.69, 9.17) is 5.26 Å². The monoisotopic (exact) mass is 192 g/mol. The van der Waals surface area contributed by atoms with Crippen molar-refractivity contribution in [2.24, 2.45) is 5.11 Å².